The molecule has 3 aromatic rings. The Labute approximate surface area is 211 Å². The minimum absolute atomic E-state index is 0.128. The third kappa shape index (κ3) is 4.13. The number of hydrogen-bond donors (Lipinski definition) is 0. The molecule has 2 aliphatic rings. The quantitative estimate of drug-likeness (QED) is 0.467. The van der Waals surface area contributed by atoms with E-state index in [2.05, 4.69) is 16.3 Å². The first kappa shape index (κ1) is 23.7. The molecule has 6 heteroatoms. The molecule has 0 fully saturated rings. The molecular weight excluding hydrogens is 448 g/mol. The summed E-state index contributed by atoms with van der Waals surface area (Å²) in [4.78, 5) is 27.8. The van der Waals surface area contributed by atoms with E-state index in [1.165, 1.54) is 10.0 Å². The molecular formula is C30H30N4O2. The molecule has 36 heavy (non-hydrogen) atoms. The van der Waals surface area contributed by atoms with Crippen molar-refractivity contribution in [2.75, 3.05) is 10.0 Å². The van der Waals surface area contributed by atoms with Crippen molar-refractivity contribution >= 4 is 34.6 Å². The largest absolute Gasteiger partial charge is 0.272 e. The second-order valence-corrected chi connectivity index (χ2v) is 9.85. The maximum Gasteiger partial charge on any atom is 0.256 e. The number of hydrogen-bond acceptors (Lipinski definition) is 4. The third-order valence-corrected chi connectivity index (χ3v) is 7.07. The van der Waals surface area contributed by atoms with Gasteiger partial charge in [0.2, 0.25) is 0 Å². The molecule has 2 atom stereocenters. The molecule has 5 rings (SSSR count). The molecule has 2 unspecified atom stereocenters. The van der Waals surface area contributed by atoms with Crippen LogP contribution in [0.25, 0.3) is 0 Å². The third-order valence-electron chi connectivity index (χ3n) is 7.07. The molecule has 6 nitrogen and oxygen atoms in total. The molecule has 0 saturated carbocycles. The van der Waals surface area contributed by atoms with Gasteiger partial charge in [0.05, 0.1) is 23.2 Å². The number of hydrazone groups is 2. The maximum atomic E-state index is 13.9. The number of anilines is 2. The van der Waals surface area contributed by atoms with E-state index in [1.807, 2.05) is 101 Å². The average Bonchev–Trinajstić information content (AvgIpc) is 3.31. The number of nitrogens with zero attached hydrogens (tertiary/aromatic N) is 4. The maximum absolute atomic E-state index is 13.9. The number of carbonyl (C=O) groups excluding carboxylic acids is 2. The fourth-order valence-corrected chi connectivity index (χ4v) is 5.18. The summed E-state index contributed by atoms with van der Waals surface area (Å²) in [5, 5.41) is 12.3. The van der Waals surface area contributed by atoms with Gasteiger partial charge in [-0.05, 0) is 64.4 Å². The second-order valence-electron chi connectivity index (χ2n) is 9.85. The van der Waals surface area contributed by atoms with Gasteiger partial charge < -0.3 is 0 Å². The first-order valence-electron chi connectivity index (χ1n) is 12.2. The first-order valence-corrected chi connectivity index (χ1v) is 12.2. The Morgan fingerprint density at radius 3 is 1.47 bits per heavy atom. The summed E-state index contributed by atoms with van der Waals surface area (Å²) in [7, 11) is 0. The van der Waals surface area contributed by atoms with Gasteiger partial charge >= 0.3 is 0 Å². The van der Waals surface area contributed by atoms with Crippen LogP contribution >= 0.6 is 0 Å². The van der Waals surface area contributed by atoms with Crippen molar-refractivity contribution in [3.8, 4) is 0 Å². The Kier molecular flexibility index (Phi) is 6.04. The van der Waals surface area contributed by atoms with Gasteiger partial charge in [-0.15, -0.1) is 0 Å². The van der Waals surface area contributed by atoms with Crippen LogP contribution in [0.1, 0.15) is 42.0 Å². The Balaban J connectivity index is 1.56. The summed E-state index contributed by atoms with van der Waals surface area (Å²) in [6.07, 6.45) is 0. The molecule has 0 spiro atoms. The second kappa shape index (κ2) is 9.19. The molecule has 3 aromatic carbocycles. The zero-order valence-corrected chi connectivity index (χ0v) is 21.3. The van der Waals surface area contributed by atoms with Crippen LogP contribution in [0.3, 0.4) is 0 Å². The Hall–Kier alpha value is -4.06. The minimum atomic E-state index is -0.579. The van der Waals surface area contributed by atoms with Gasteiger partial charge in [-0.2, -0.15) is 10.2 Å². The highest BCUT2D eigenvalue weighted by Gasteiger charge is 2.50. The molecule has 0 N–H and O–H groups in total. The summed E-state index contributed by atoms with van der Waals surface area (Å²) in [6, 6.07) is 23.5. The lowest BCUT2D eigenvalue weighted by atomic mass is 9.72. The van der Waals surface area contributed by atoms with E-state index in [0.29, 0.717) is 11.4 Å². The number of aryl methyl sites for hydroxylation is 3. The van der Waals surface area contributed by atoms with Gasteiger partial charge in [-0.3, -0.25) is 9.59 Å². The fraction of sp³-hybridized carbons (Fsp3) is 0.267. The van der Waals surface area contributed by atoms with Crippen LogP contribution in [-0.2, 0) is 9.59 Å². The SMILES string of the molecule is CC1=NN(c2ccc(C)cc2)C(=O)C1C(c1cccc(C)c1)C1C(=O)N(c2ccc(C)cc2)N=C1C. The van der Waals surface area contributed by atoms with Gasteiger partial charge in [0.1, 0.15) is 0 Å². The Morgan fingerprint density at radius 2 is 1.06 bits per heavy atom. The van der Waals surface area contributed by atoms with E-state index >= 15 is 0 Å². The summed E-state index contributed by atoms with van der Waals surface area (Å²) < 4.78 is 0. The normalized spacial score (nSPS) is 20.6. The molecule has 182 valence electrons. The number of benzene rings is 3. The number of carbonyl (C=O) groups is 2. The summed E-state index contributed by atoms with van der Waals surface area (Å²) in [5.74, 6) is -1.84. The highest BCUT2D eigenvalue weighted by molar-refractivity contribution is 6.19. The average molecular weight is 479 g/mol. The summed E-state index contributed by atoms with van der Waals surface area (Å²) in [5.41, 5.74) is 7.07. The van der Waals surface area contributed by atoms with Gasteiger partial charge in [0, 0.05) is 17.3 Å². The van der Waals surface area contributed by atoms with Crippen LogP contribution in [0.15, 0.2) is 83.0 Å². The molecule has 2 aliphatic heterocycles. The molecule has 0 radical (unpaired) electrons. The van der Waals surface area contributed by atoms with E-state index in [1.54, 1.807) is 0 Å². The van der Waals surface area contributed by atoms with Crippen molar-refractivity contribution in [1.29, 1.82) is 0 Å². The molecule has 0 bridgehead atoms. The Bertz CT molecular complexity index is 1300. The summed E-state index contributed by atoms with van der Waals surface area (Å²) >= 11 is 0. The smallest absolute Gasteiger partial charge is 0.256 e. The monoisotopic (exact) mass is 478 g/mol. The topological polar surface area (TPSA) is 65.3 Å². The minimum Gasteiger partial charge on any atom is -0.272 e. The van der Waals surface area contributed by atoms with Crippen LogP contribution in [0.2, 0.25) is 0 Å². The standard InChI is InChI=1S/C30H30N4O2/c1-18-9-13-24(14-10-18)33-29(35)26(21(4)31-33)28(23-8-6-7-20(3)17-23)27-22(5)32-34(30(27)36)25-15-11-19(2)12-16-25/h6-17,26-28H,1-5H3. The lowest BCUT2D eigenvalue weighted by Gasteiger charge is -2.29. The molecule has 2 amide bonds. The number of rotatable bonds is 5. The first-order chi connectivity index (χ1) is 17.2. The van der Waals surface area contributed by atoms with Gasteiger partial charge in [0.15, 0.2) is 0 Å². The predicted molar refractivity (Wildman–Crippen MR) is 144 cm³/mol. The predicted octanol–water partition coefficient (Wildman–Crippen LogP) is 5.77. The van der Waals surface area contributed by atoms with E-state index < -0.39 is 17.8 Å². The van der Waals surface area contributed by atoms with E-state index in [-0.39, 0.29) is 11.8 Å². The van der Waals surface area contributed by atoms with Crippen molar-refractivity contribution in [2.45, 2.75) is 40.5 Å². The van der Waals surface area contributed by atoms with E-state index in [0.717, 1.165) is 33.6 Å². The molecule has 0 aromatic heterocycles. The van der Waals surface area contributed by atoms with Gasteiger partial charge in [0.25, 0.3) is 11.8 Å². The lowest BCUT2D eigenvalue weighted by Crippen LogP contribution is -2.40. The van der Waals surface area contributed by atoms with Crippen molar-refractivity contribution in [2.24, 2.45) is 22.0 Å². The molecule has 0 aliphatic carbocycles. The zero-order chi connectivity index (χ0) is 25.6. The van der Waals surface area contributed by atoms with Crippen LogP contribution in [0.5, 0.6) is 0 Å². The van der Waals surface area contributed by atoms with Gasteiger partial charge in [-0.25, -0.2) is 10.0 Å². The summed E-state index contributed by atoms with van der Waals surface area (Å²) in [6.45, 7) is 9.79. The van der Waals surface area contributed by atoms with Crippen molar-refractivity contribution in [1.82, 2.24) is 0 Å². The highest BCUT2D eigenvalue weighted by atomic mass is 16.2. The number of amides is 2. The van der Waals surface area contributed by atoms with E-state index in [9.17, 15) is 9.59 Å². The van der Waals surface area contributed by atoms with Gasteiger partial charge in [-0.1, -0.05) is 65.2 Å². The van der Waals surface area contributed by atoms with Crippen LogP contribution in [0, 0.1) is 32.6 Å². The molecule has 2 heterocycles. The lowest BCUT2D eigenvalue weighted by molar-refractivity contribution is -0.122. The fourth-order valence-electron chi connectivity index (χ4n) is 5.18. The van der Waals surface area contributed by atoms with Crippen molar-refractivity contribution < 1.29 is 9.59 Å². The van der Waals surface area contributed by atoms with Crippen LogP contribution in [0.4, 0.5) is 11.4 Å². The highest BCUT2D eigenvalue weighted by Crippen LogP contribution is 2.42. The van der Waals surface area contributed by atoms with E-state index in [4.69, 9.17) is 0 Å². The van der Waals surface area contributed by atoms with Crippen LogP contribution in [-0.4, -0.2) is 23.2 Å². The molecule has 0 saturated heterocycles. The van der Waals surface area contributed by atoms with Crippen molar-refractivity contribution in [3.63, 3.8) is 0 Å². The van der Waals surface area contributed by atoms with Crippen molar-refractivity contribution in [3.05, 3.63) is 95.1 Å². The van der Waals surface area contributed by atoms with Crippen LogP contribution < -0.4 is 10.0 Å². The Morgan fingerprint density at radius 1 is 0.611 bits per heavy atom. The zero-order valence-electron chi connectivity index (χ0n) is 21.3.